The van der Waals surface area contributed by atoms with Crippen LogP contribution in [0.15, 0.2) is 18.2 Å². The molecule has 1 amide bonds. The lowest BCUT2D eigenvalue weighted by Crippen LogP contribution is -2.41. The predicted octanol–water partition coefficient (Wildman–Crippen LogP) is 3.49. The highest BCUT2D eigenvalue weighted by molar-refractivity contribution is 5.85. The summed E-state index contributed by atoms with van der Waals surface area (Å²) in [6.45, 7) is 3.06. The highest BCUT2D eigenvalue weighted by atomic mass is 35.5. The molecule has 0 aliphatic heterocycles. The van der Waals surface area contributed by atoms with Crippen molar-refractivity contribution in [2.75, 3.05) is 27.7 Å². The standard InChI is InChI=1S/C19H30N2O2.2ClH/c1-14(7-6-12-21(2)3)19(22)20-16-11-10-15-8-5-9-18(23-4)17(15)13-16;;/h5,8-9,14,16H,6-7,10-13H2,1-4H3,(H,20,22);2*1H. The fourth-order valence-corrected chi connectivity index (χ4v) is 3.26. The second kappa shape index (κ2) is 11.6. The van der Waals surface area contributed by atoms with Gasteiger partial charge in [-0.1, -0.05) is 19.1 Å². The van der Waals surface area contributed by atoms with Crippen LogP contribution in [0.5, 0.6) is 5.75 Å². The van der Waals surface area contributed by atoms with Crippen LogP contribution in [0.3, 0.4) is 0 Å². The highest BCUT2D eigenvalue weighted by Gasteiger charge is 2.24. The van der Waals surface area contributed by atoms with Crippen LogP contribution < -0.4 is 10.1 Å². The van der Waals surface area contributed by atoms with Gasteiger partial charge in [-0.3, -0.25) is 4.79 Å². The van der Waals surface area contributed by atoms with Gasteiger partial charge in [0, 0.05) is 12.0 Å². The third kappa shape index (κ3) is 7.04. The molecule has 1 aromatic rings. The predicted molar refractivity (Wildman–Crippen MR) is 108 cm³/mol. The molecule has 0 radical (unpaired) electrons. The van der Waals surface area contributed by atoms with Crippen molar-refractivity contribution in [3.63, 3.8) is 0 Å². The smallest absolute Gasteiger partial charge is 0.223 e. The van der Waals surface area contributed by atoms with Crippen molar-refractivity contribution >= 4 is 30.7 Å². The average Bonchev–Trinajstić information content (AvgIpc) is 2.53. The van der Waals surface area contributed by atoms with Crippen LogP contribution in [-0.2, 0) is 17.6 Å². The van der Waals surface area contributed by atoms with E-state index in [0.29, 0.717) is 0 Å². The van der Waals surface area contributed by atoms with E-state index in [-0.39, 0.29) is 42.7 Å². The minimum absolute atomic E-state index is 0. The van der Waals surface area contributed by atoms with E-state index < -0.39 is 0 Å². The lowest BCUT2D eigenvalue weighted by Gasteiger charge is -2.28. The Morgan fingerprint density at radius 1 is 1.36 bits per heavy atom. The summed E-state index contributed by atoms with van der Waals surface area (Å²) < 4.78 is 5.47. The van der Waals surface area contributed by atoms with Crippen LogP contribution in [0.1, 0.15) is 37.3 Å². The number of hydrogen-bond donors (Lipinski definition) is 1. The van der Waals surface area contributed by atoms with Crippen molar-refractivity contribution in [3.8, 4) is 5.75 Å². The first-order chi connectivity index (χ1) is 11.0. The fraction of sp³-hybridized carbons (Fsp3) is 0.632. The van der Waals surface area contributed by atoms with Gasteiger partial charge in [-0.05, 0) is 69.9 Å². The number of hydrogen-bond acceptors (Lipinski definition) is 3. The van der Waals surface area contributed by atoms with Gasteiger partial charge >= 0.3 is 0 Å². The maximum absolute atomic E-state index is 12.4. The lowest BCUT2D eigenvalue weighted by molar-refractivity contribution is -0.125. The number of nitrogens with one attached hydrogen (secondary N) is 1. The van der Waals surface area contributed by atoms with Gasteiger partial charge in [0.05, 0.1) is 7.11 Å². The average molecular weight is 391 g/mol. The van der Waals surface area contributed by atoms with Crippen molar-refractivity contribution in [2.45, 2.75) is 45.1 Å². The molecule has 0 heterocycles. The molecule has 0 fully saturated rings. The molecule has 0 aromatic heterocycles. The molecule has 4 nitrogen and oxygen atoms in total. The molecule has 1 aliphatic carbocycles. The molecule has 1 aromatic carbocycles. The summed E-state index contributed by atoms with van der Waals surface area (Å²) in [7, 11) is 5.85. The van der Waals surface area contributed by atoms with Crippen LogP contribution in [0, 0.1) is 5.92 Å². The molecule has 0 spiro atoms. The molecule has 6 heteroatoms. The molecule has 1 aliphatic rings. The van der Waals surface area contributed by atoms with Gasteiger partial charge in [-0.25, -0.2) is 0 Å². The number of rotatable bonds is 7. The number of aryl methyl sites for hydroxylation is 1. The van der Waals surface area contributed by atoms with Crippen molar-refractivity contribution in [1.82, 2.24) is 10.2 Å². The van der Waals surface area contributed by atoms with Gasteiger partial charge in [-0.2, -0.15) is 0 Å². The van der Waals surface area contributed by atoms with E-state index in [1.165, 1.54) is 11.1 Å². The summed E-state index contributed by atoms with van der Waals surface area (Å²) in [5.74, 6) is 1.21. The third-order valence-corrected chi connectivity index (χ3v) is 4.70. The molecule has 0 bridgehead atoms. The van der Waals surface area contributed by atoms with Crippen LogP contribution in [-0.4, -0.2) is 44.6 Å². The van der Waals surface area contributed by atoms with Crippen LogP contribution in [0.4, 0.5) is 0 Å². The number of benzene rings is 1. The number of carbonyl (C=O) groups excluding carboxylic acids is 1. The second-order valence-corrected chi connectivity index (χ2v) is 6.89. The first-order valence-corrected chi connectivity index (χ1v) is 8.61. The Morgan fingerprint density at radius 3 is 2.72 bits per heavy atom. The van der Waals surface area contributed by atoms with Crippen molar-refractivity contribution < 1.29 is 9.53 Å². The van der Waals surface area contributed by atoms with E-state index in [0.717, 1.165) is 44.4 Å². The van der Waals surface area contributed by atoms with Crippen LogP contribution in [0.2, 0.25) is 0 Å². The Hall–Kier alpha value is -0.970. The maximum Gasteiger partial charge on any atom is 0.223 e. The number of carbonyl (C=O) groups is 1. The molecule has 2 atom stereocenters. The topological polar surface area (TPSA) is 41.6 Å². The minimum Gasteiger partial charge on any atom is -0.496 e. The SMILES string of the molecule is COc1cccc2c1CC(NC(=O)C(C)CCCN(C)C)CC2.Cl.Cl. The second-order valence-electron chi connectivity index (χ2n) is 6.89. The molecule has 1 N–H and O–H groups in total. The number of nitrogens with zero attached hydrogens (tertiary/aromatic N) is 1. The van der Waals surface area contributed by atoms with Gasteiger partial charge < -0.3 is 15.0 Å². The summed E-state index contributed by atoms with van der Waals surface area (Å²) >= 11 is 0. The van der Waals surface area contributed by atoms with Crippen LogP contribution >= 0.6 is 24.8 Å². The van der Waals surface area contributed by atoms with Gasteiger partial charge in [0.15, 0.2) is 0 Å². The Bertz CT molecular complexity index is 524. The summed E-state index contributed by atoms with van der Waals surface area (Å²) in [5.41, 5.74) is 2.61. The van der Waals surface area contributed by atoms with Crippen molar-refractivity contribution in [1.29, 1.82) is 0 Å². The van der Waals surface area contributed by atoms with E-state index >= 15 is 0 Å². The van der Waals surface area contributed by atoms with Crippen molar-refractivity contribution in [3.05, 3.63) is 29.3 Å². The zero-order valence-electron chi connectivity index (χ0n) is 15.7. The minimum atomic E-state index is 0. The van der Waals surface area contributed by atoms with Gasteiger partial charge in [0.2, 0.25) is 5.91 Å². The zero-order chi connectivity index (χ0) is 16.8. The molecule has 25 heavy (non-hydrogen) atoms. The van der Waals surface area contributed by atoms with E-state index in [1.54, 1.807) is 7.11 Å². The van der Waals surface area contributed by atoms with Crippen LogP contribution in [0.25, 0.3) is 0 Å². The number of halogens is 2. The monoisotopic (exact) mass is 390 g/mol. The quantitative estimate of drug-likeness (QED) is 0.774. The Balaban J connectivity index is 0.00000288. The zero-order valence-corrected chi connectivity index (χ0v) is 17.3. The van der Waals surface area contributed by atoms with Gasteiger partial charge in [-0.15, -0.1) is 24.8 Å². The Morgan fingerprint density at radius 2 is 2.08 bits per heavy atom. The van der Waals surface area contributed by atoms with E-state index in [4.69, 9.17) is 4.74 Å². The summed E-state index contributed by atoms with van der Waals surface area (Å²) in [6, 6.07) is 6.44. The number of fused-ring (bicyclic) bond motifs is 1. The molecule has 0 saturated carbocycles. The normalized spacial score (nSPS) is 16.9. The Kier molecular flexibility index (Phi) is 11.2. The maximum atomic E-state index is 12.4. The Labute approximate surface area is 164 Å². The fourth-order valence-electron chi connectivity index (χ4n) is 3.26. The molecule has 2 unspecified atom stereocenters. The third-order valence-electron chi connectivity index (χ3n) is 4.70. The number of methoxy groups -OCH3 is 1. The van der Waals surface area contributed by atoms with E-state index in [1.807, 2.05) is 19.1 Å². The molecule has 144 valence electrons. The molecule has 2 rings (SSSR count). The highest BCUT2D eigenvalue weighted by Crippen LogP contribution is 2.29. The van der Waals surface area contributed by atoms with Gasteiger partial charge in [0.25, 0.3) is 0 Å². The number of ether oxygens (including phenoxy) is 1. The van der Waals surface area contributed by atoms with E-state index in [9.17, 15) is 4.79 Å². The summed E-state index contributed by atoms with van der Waals surface area (Å²) in [6.07, 6.45) is 4.89. The summed E-state index contributed by atoms with van der Waals surface area (Å²) in [4.78, 5) is 14.6. The largest absolute Gasteiger partial charge is 0.496 e. The lowest BCUT2D eigenvalue weighted by atomic mass is 9.87. The van der Waals surface area contributed by atoms with Crippen molar-refractivity contribution in [2.24, 2.45) is 5.92 Å². The molecule has 0 saturated heterocycles. The number of amides is 1. The van der Waals surface area contributed by atoms with Gasteiger partial charge in [0.1, 0.15) is 5.75 Å². The van der Waals surface area contributed by atoms with E-state index in [2.05, 4.69) is 30.4 Å². The first kappa shape index (κ1) is 24.0. The molecular weight excluding hydrogens is 359 g/mol. The summed E-state index contributed by atoms with van der Waals surface area (Å²) in [5, 5.41) is 3.24. The molecular formula is C19H32Cl2N2O2. The first-order valence-electron chi connectivity index (χ1n) is 8.61.